The van der Waals surface area contributed by atoms with Crippen molar-refractivity contribution in [2.45, 2.75) is 32.2 Å². The van der Waals surface area contributed by atoms with Gasteiger partial charge in [-0.2, -0.15) is 0 Å². The van der Waals surface area contributed by atoms with Gasteiger partial charge in [0, 0.05) is 6.20 Å². The highest BCUT2D eigenvalue weighted by Crippen LogP contribution is 2.40. The van der Waals surface area contributed by atoms with Crippen LogP contribution in [0.5, 0.6) is 5.75 Å². The van der Waals surface area contributed by atoms with Gasteiger partial charge in [-0.25, -0.2) is 4.98 Å². The molecule has 3 heterocycles. The van der Waals surface area contributed by atoms with Crippen LogP contribution in [0.2, 0.25) is 0 Å². The summed E-state index contributed by atoms with van der Waals surface area (Å²) in [5.74, 6) is 0.905. The number of anilines is 1. The van der Waals surface area contributed by atoms with E-state index < -0.39 is 6.04 Å². The van der Waals surface area contributed by atoms with Crippen molar-refractivity contribution in [1.29, 1.82) is 0 Å². The smallest absolute Gasteiger partial charge is 0.296 e. The maximum absolute atomic E-state index is 13.5. The van der Waals surface area contributed by atoms with Crippen molar-refractivity contribution in [2.24, 2.45) is 0 Å². The molecule has 4 aromatic rings. The maximum atomic E-state index is 13.5. The number of carbonyl (C=O) groups is 1. The first-order chi connectivity index (χ1) is 16.2. The first kappa shape index (κ1) is 20.9. The lowest BCUT2D eigenvalue weighted by atomic mass is 9.98. The lowest BCUT2D eigenvalue weighted by Crippen LogP contribution is -2.30. The van der Waals surface area contributed by atoms with Gasteiger partial charge in [-0.05, 0) is 48.4 Å². The molecule has 5 rings (SSSR count). The number of amides is 1. The van der Waals surface area contributed by atoms with Gasteiger partial charge < -0.3 is 9.15 Å². The van der Waals surface area contributed by atoms with E-state index in [1.54, 1.807) is 42.6 Å². The van der Waals surface area contributed by atoms with Gasteiger partial charge in [0.15, 0.2) is 5.43 Å². The van der Waals surface area contributed by atoms with Crippen LogP contribution in [0.25, 0.3) is 11.0 Å². The molecule has 166 valence electrons. The molecule has 1 atom stereocenters. The number of para-hydroxylation sites is 1. The van der Waals surface area contributed by atoms with E-state index in [0.717, 1.165) is 30.6 Å². The average molecular weight is 440 g/mol. The van der Waals surface area contributed by atoms with E-state index in [9.17, 15) is 9.59 Å². The Labute approximate surface area is 191 Å². The van der Waals surface area contributed by atoms with Gasteiger partial charge >= 0.3 is 0 Å². The second-order valence-corrected chi connectivity index (χ2v) is 8.06. The SMILES string of the molecule is CCCCCOc1ccc([C@@H]2c3c(oc4ccccc4c3=O)C(=O)N2c2ccccn2)cc1. The van der Waals surface area contributed by atoms with Crippen LogP contribution < -0.4 is 15.1 Å². The van der Waals surface area contributed by atoms with Gasteiger partial charge in [-0.3, -0.25) is 14.5 Å². The molecule has 0 fully saturated rings. The first-order valence-electron chi connectivity index (χ1n) is 11.2. The van der Waals surface area contributed by atoms with Gasteiger partial charge in [0.2, 0.25) is 5.76 Å². The van der Waals surface area contributed by atoms with Crippen LogP contribution in [0.4, 0.5) is 5.82 Å². The number of benzene rings is 2. The summed E-state index contributed by atoms with van der Waals surface area (Å²) in [5.41, 5.74) is 1.31. The van der Waals surface area contributed by atoms with Crippen LogP contribution in [-0.2, 0) is 0 Å². The highest BCUT2D eigenvalue weighted by atomic mass is 16.5. The number of hydrogen-bond donors (Lipinski definition) is 0. The summed E-state index contributed by atoms with van der Waals surface area (Å²) in [7, 11) is 0. The molecule has 33 heavy (non-hydrogen) atoms. The molecule has 0 saturated carbocycles. The molecular formula is C27H24N2O4. The van der Waals surface area contributed by atoms with Gasteiger partial charge in [0.1, 0.15) is 17.2 Å². The highest BCUT2D eigenvalue weighted by Gasteiger charge is 2.44. The Morgan fingerprint density at radius 1 is 0.970 bits per heavy atom. The Balaban J connectivity index is 1.60. The third-order valence-electron chi connectivity index (χ3n) is 5.89. The molecule has 0 N–H and O–H groups in total. The molecule has 0 spiro atoms. The number of fused-ring (bicyclic) bond motifs is 2. The van der Waals surface area contributed by atoms with Crippen LogP contribution in [0.15, 0.2) is 82.1 Å². The predicted octanol–water partition coefficient (Wildman–Crippen LogP) is 5.51. The van der Waals surface area contributed by atoms with Gasteiger partial charge in [-0.1, -0.05) is 50.1 Å². The molecule has 1 aliphatic rings. The van der Waals surface area contributed by atoms with Gasteiger partial charge in [0.05, 0.1) is 23.6 Å². The first-order valence-corrected chi connectivity index (χ1v) is 11.2. The van der Waals surface area contributed by atoms with Crippen molar-refractivity contribution in [1.82, 2.24) is 4.98 Å². The minimum Gasteiger partial charge on any atom is -0.494 e. The van der Waals surface area contributed by atoms with Crippen molar-refractivity contribution < 1.29 is 13.9 Å². The standard InChI is InChI=1S/C27H24N2O4/c1-2-3-8-17-32-19-14-12-18(13-15-19)24-23-25(30)20-9-4-5-10-21(20)33-26(23)27(31)29(24)22-11-6-7-16-28-22/h4-7,9-16,24H,2-3,8,17H2,1H3/t24-/m1/s1. The molecule has 1 aliphatic heterocycles. The summed E-state index contributed by atoms with van der Waals surface area (Å²) in [6, 6.07) is 19.3. The molecule has 6 heteroatoms. The Morgan fingerprint density at radius 2 is 1.76 bits per heavy atom. The quantitative estimate of drug-likeness (QED) is 0.355. The summed E-state index contributed by atoms with van der Waals surface area (Å²) in [5, 5.41) is 0.452. The lowest BCUT2D eigenvalue weighted by molar-refractivity contribution is 0.0970. The Bertz CT molecular complexity index is 1350. The van der Waals surface area contributed by atoms with E-state index in [0.29, 0.717) is 29.0 Å². The topological polar surface area (TPSA) is 72.6 Å². The van der Waals surface area contributed by atoms with E-state index in [2.05, 4.69) is 11.9 Å². The molecule has 0 unspecified atom stereocenters. The number of unbranched alkanes of at least 4 members (excludes halogenated alkanes) is 2. The van der Waals surface area contributed by atoms with Crippen molar-refractivity contribution in [3.63, 3.8) is 0 Å². The van der Waals surface area contributed by atoms with E-state index in [4.69, 9.17) is 9.15 Å². The van der Waals surface area contributed by atoms with Gasteiger partial charge in [-0.15, -0.1) is 0 Å². The molecule has 2 aromatic carbocycles. The van der Waals surface area contributed by atoms with Crippen LogP contribution in [-0.4, -0.2) is 17.5 Å². The van der Waals surface area contributed by atoms with Crippen molar-refractivity contribution >= 4 is 22.7 Å². The number of ether oxygens (including phenoxy) is 1. The third-order valence-corrected chi connectivity index (χ3v) is 5.89. The monoisotopic (exact) mass is 440 g/mol. The summed E-state index contributed by atoms with van der Waals surface area (Å²) in [4.78, 5) is 32.9. The molecular weight excluding hydrogens is 416 g/mol. The van der Waals surface area contributed by atoms with Gasteiger partial charge in [0.25, 0.3) is 5.91 Å². The fourth-order valence-electron chi connectivity index (χ4n) is 4.26. The number of carbonyl (C=O) groups excluding carboxylic acids is 1. The molecule has 1 amide bonds. The molecule has 0 radical (unpaired) electrons. The lowest BCUT2D eigenvalue weighted by Gasteiger charge is -2.24. The zero-order chi connectivity index (χ0) is 22.8. The zero-order valence-electron chi connectivity index (χ0n) is 18.4. The summed E-state index contributed by atoms with van der Waals surface area (Å²) >= 11 is 0. The van der Waals surface area contributed by atoms with Crippen LogP contribution >= 0.6 is 0 Å². The number of nitrogens with zero attached hydrogens (tertiary/aromatic N) is 2. The molecule has 0 saturated heterocycles. The minimum atomic E-state index is -0.641. The normalized spacial score (nSPS) is 15.1. The zero-order valence-corrected chi connectivity index (χ0v) is 18.4. The molecule has 2 aromatic heterocycles. The van der Waals surface area contributed by atoms with E-state index in [1.807, 2.05) is 30.3 Å². The Kier molecular flexibility index (Phi) is 5.65. The highest BCUT2D eigenvalue weighted by molar-refractivity contribution is 6.10. The van der Waals surface area contributed by atoms with Crippen molar-refractivity contribution in [2.75, 3.05) is 11.5 Å². The minimum absolute atomic E-state index is 0.0641. The number of pyridine rings is 1. The molecule has 6 nitrogen and oxygen atoms in total. The van der Waals surface area contributed by atoms with Crippen LogP contribution in [0.3, 0.4) is 0 Å². The van der Waals surface area contributed by atoms with Crippen LogP contribution in [0.1, 0.15) is 53.9 Å². The number of rotatable bonds is 7. The maximum Gasteiger partial charge on any atom is 0.296 e. The Hall–Kier alpha value is -3.93. The molecule has 0 bridgehead atoms. The predicted molar refractivity (Wildman–Crippen MR) is 127 cm³/mol. The second-order valence-electron chi connectivity index (χ2n) is 8.06. The fraction of sp³-hybridized carbons (Fsp3) is 0.222. The van der Waals surface area contributed by atoms with E-state index in [-0.39, 0.29) is 17.1 Å². The Morgan fingerprint density at radius 3 is 2.52 bits per heavy atom. The summed E-state index contributed by atoms with van der Waals surface area (Å²) in [6.45, 7) is 2.82. The second kappa shape index (κ2) is 8.90. The van der Waals surface area contributed by atoms with E-state index in [1.165, 1.54) is 4.90 Å². The van der Waals surface area contributed by atoms with Crippen molar-refractivity contribution in [3.8, 4) is 5.75 Å². The van der Waals surface area contributed by atoms with Crippen LogP contribution in [0, 0.1) is 0 Å². The largest absolute Gasteiger partial charge is 0.494 e. The summed E-state index contributed by atoms with van der Waals surface area (Å²) < 4.78 is 11.8. The van der Waals surface area contributed by atoms with Crippen molar-refractivity contribution in [3.05, 3.63) is 100 Å². The van der Waals surface area contributed by atoms with E-state index >= 15 is 0 Å². The molecule has 0 aliphatic carbocycles. The third kappa shape index (κ3) is 3.78. The number of hydrogen-bond acceptors (Lipinski definition) is 5. The summed E-state index contributed by atoms with van der Waals surface area (Å²) in [6.07, 6.45) is 4.89. The number of aromatic nitrogens is 1. The fourth-order valence-corrected chi connectivity index (χ4v) is 4.26. The average Bonchev–Trinajstić information content (AvgIpc) is 3.15.